The summed E-state index contributed by atoms with van der Waals surface area (Å²) in [6.07, 6.45) is 2.81. The fourth-order valence-corrected chi connectivity index (χ4v) is 0.749. The highest BCUT2D eigenvalue weighted by molar-refractivity contribution is 4.84. The Balaban J connectivity index is 2.59. The van der Waals surface area contributed by atoms with E-state index in [0.717, 1.165) is 31.0 Å². The van der Waals surface area contributed by atoms with Gasteiger partial charge < -0.3 is 4.52 Å². The maximum atomic E-state index is 4.93. The zero-order valence-electron chi connectivity index (χ0n) is 6.42. The molecular formula is C7H12N2O. The van der Waals surface area contributed by atoms with E-state index in [-0.39, 0.29) is 0 Å². The van der Waals surface area contributed by atoms with Crippen LogP contribution < -0.4 is 0 Å². The zero-order chi connectivity index (χ0) is 7.40. The van der Waals surface area contributed by atoms with Gasteiger partial charge >= 0.3 is 0 Å². The summed E-state index contributed by atoms with van der Waals surface area (Å²) in [5, 5.41) is 3.77. The van der Waals surface area contributed by atoms with Gasteiger partial charge in [0.15, 0.2) is 5.82 Å². The van der Waals surface area contributed by atoms with Crippen LogP contribution >= 0.6 is 0 Å². The zero-order valence-corrected chi connectivity index (χ0v) is 6.42. The molecule has 0 spiro atoms. The highest BCUT2D eigenvalue weighted by atomic mass is 16.5. The molecule has 0 bridgehead atoms. The molecule has 3 nitrogen and oxygen atoms in total. The molecule has 0 amide bonds. The van der Waals surface area contributed by atoms with E-state index in [0.29, 0.717) is 0 Å². The van der Waals surface area contributed by atoms with E-state index in [2.05, 4.69) is 17.1 Å². The van der Waals surface area contributed by atoms with Gasteiger partial charge in [-0.1, -0.05) is 19.0 Å². The quantitative estimate of drug-likeness (QED) is 0.639. The van der Waals surface area contributed by atoms with Gasteiger partial charge in [-0.15, -0.1) is 0 Å². The highest BCUT2D eigenvalue weighted by Crippen LogP contribution is 2.00. The standard InChI is InChI=1S/C7H12N2O/c1-3-5-7-8-6(4-2)9-10-7/h3-5H2,1-2H3. The minimum atomic E-state index is 0.763. The van der Waals surface area contributed by atoms with Crippen LogP contribution in [0.5, 0.6) is 0 Å². The molecule has 0 saturated carbocycles. The van der Waals surface area contributed by atoms with Gasteiger partial charge in [-0.2, -0.15) is 4.98 Å². The van der Waals surface area contributed by atoms with Crippen LogP contribution in [0, 0.1) is 0 Å². The van der Waals surface area contributed by atoms with Crippen LogP contribution in [-0.4, -0.2) is 10.1 Å². The second-order valence-electron chi connectivity index (χ2n) is 2.21. The molecule has 0 aliphatic rings. The summed E-state index contributed by atoms with van der Waals surface area (Å²) in [6, 6.07) is 0. The van der Waals surface area contributed by atoms with E-state index in [1.165, 1.54) is 0 Å². The third kappa shape index (κ3) is 1.56. The largest absolute Gasteiger partial charge is 0.339 e. The molecule has 1 aromatic heterocycles. The minimum Gasteiger partial charge on any atom is -0.339 e. The van der Waals surface area contributed by atoms with Crippen molar-refractivity contribution in [3.8, 4) is 0 Å². The predicted molar refractivity (Wildman–Crippen MR) is 37.7 cm³/mol. The molecule has 0 aliphatic heterocycles. The van der Waals surface area contributed by atoms with Crippen molar-refractivity contribution in [2.24, 2.45) is 0 Å². The Kier molecular flexibility index (Phi) is 2.42. The maximum Gasteiger partial charge on any atom is 0.226 e. The number of rotatable bonds is 3. The Morgan fingerprint density at radius 1 is 1.40 bits per heavy atom. The molecule has 1 heterocycles. The first kappa shape index (κ1) is 7.25. The lowest BCUT2D eigenvalue weighted by molar-refractivity contribution is 0.372. The normalized spacial score (nSPS) is 10.2. The third-order valence-corrected chi connectivity index (χ3v) is 1.29. The number of hydrogen-bond donors (Lipinski definition) is 0. The number of nitrogens with zero attached hydrogens (tertiary/aromatic N) is 2. The molecule has 0 saturated heterocycles. The van der Waals surface area contributed by atoms with Crippen molar-refractivity contribution in [3.63, 3.8) is 0 Å². The van der Waals surface area contributed by atoms with Gasteiger partial charge in [-0.3, -0.25) is 0 Å². The van der Waals surface area contributed by atoms with Crippen molar-refractivity contribution < 1.29 is 4.52 Å². The summed E-state index contributed by atoms with van der Waals surface area (Å²) in [5.74, 6) is 1.57. The third-order valence-electron chi connectivity index (χ3n) is 1.29. The fraction of sp³-hybridized carbons (Fsp3) is 0.714. The van der Waals surface area contributed by atoms with Gasteiger partial charge in [-0.25, -0.2) is 0 Å². The fourth-order valence-electron chi connectivity index (χ4n) is 0.749. The van der Waals surface area contributed by atoms with Crippen molar-refractivity contribution in [1.29, 1.82) is 0 Å². The van der Waals surface area contributed by atoms with Crippen LogP contribution in [0.15, 0.2) is 4.52 Å². The molecule has 0 aromatic carbocycles. The molecule has 10 heavy (non-hydrogen) atoms. The highest BCUT2D eigenvalue weighted by Gasteiger charge is 2.01. The first-order chi connectivity index (χ1) is 4.86. The lowest BCUT2D eigenvalue weighted by Gasteiger charge is -1.82. The van der Waals surface area contributed by atoms with E-state index < -0.39 is 0 Å². The summed E-state index contributed by atoms with van der Waals surface area (Å²) in [5.41, 5.74) is 0. The van der Waals surface area contributed by atoms with Crippen LogP contribution in [0.3, 0.4) is 0 Å². The summed E-state index contributed by atoms with van der Waals surface area (Å²) in [6.45, 7) is 4.11. The second kappa shape index (κ2) is 3.34. The molecule has 0 atom stereocenters. The van der Waals surface area contributed by atoms with Gasteiger partial charge in [0.1, 0.15) is 0 Å². The van der Waals surface area contributed by atoms with Crippen molar-refractivity contribution in [2.75, 3.05) is 0 Å². The molecule has 1 aromatic rings. The van der Waals surface area contributed by atoms with Crippen LogP contribution in [-0.2, 0) is 12.8 Å². The van der Waals surface area contributed by atoms with Crippen molar-refractivity contribution in [2.45, 2.75) is 33.1 Å². The van der Waals surface area contributed by atoms with Gasteiger partial charge in [0.05, 0.1) is 0 Å². The first-order valence-corrected chi connectivity index (χ1v) is 3.68. The summed E-state index contributed by atoms with van der Waals surface area (Å²) in [4.78, 5) is 4.14. The van der Waals surface area contributed by atoms with Crippen LogP contribution in [0.4, 0.5) is 0 Å². The molecule has 0 N–H and O–H groups in total. The molecule has 0 aliphatic carbocycles. The number of hydrogen-bond acceptors (Lipinski definition) is 3. The van der Waals surface area contributed by atoms with Gasteiger partial charge in [0.25, 0.3) is 0 Å². The lowest BCUT2D eigenvalue weighted by Crippen LogP contribution is -1.84. The number of aromatic nitrogens is 2. The Labute approximate surface area is 60.4 Å². The van der Waals surface area contributed by atoms with Gasteiger partial charge in [-0.05, 0) is 6.42 Å². The SMILES string of the molecule is CCCc1nc(CC)no1. The summed E-state index contributed by atoms with van der Waals surface area (Å²) >= 11 is 0. The van der Waals surface area contributed by atoms with Crippen LogP contribution in [0.1, 0.15) is 32.0 Å². The minimum absolute atomic E-state index is 0.763. The van der Waals surface area contributed by atoms with Crippen molar-refractivity contribution >= 4 is 0 Å². The molecule has 0 fully saturated rings. The lowest BCUT2D eigenvalue weighted by atomic mass is 10.3. The number of aryl methyl sites for hydroxylation is 2. The van der Waals surface area contributed by atoms with E-state index >= 15 is 0 Å². The molecule has 0 unspecified atom stereocenters. The predicted octanol–water partition coefficient (Wildman–Crippen LogP) is 1.58. The maximum absolute atomic E-state index is 4.93. The Morgan fingerprint density at radius 3 is 2.70 bits per heavy atom. The van der Waals surface area contributed by atoms with Crippen LogP contribution in [0.2, 0.25) is 0 Å². The monoisotopic (exact) mass is 140 g/mol. The molecule has 1 rings (SSSR count). The van der Waals surface area contributed by atoms with E-state index in [1.807, 2.05) is 6.92 Å². The smallest absolute Gasteiger partial charge is 0.226 e. The Morgan fingerprint density at radius 2 is 2.20 bits per heavy atom. The van der Waals surface area contributed by atoms with Crippen molar-refractivity contribution in [3.05, 3.63) is 11.7 Å². The Bertz CT molecular complexity index is 195. The first-order valence-electron chi connectivity index (χ1n) is 3.68. The molecule has 56 valence electrons. The van der Waals surface area contributed by atoms with Crippen molar-refractivity contribution in [1.82, 2.24) is 10.1 Å². The topological polar surface area (TPSA) is 38.9 Å². The van der Waals surface area contributed by atoms with Gasteiger partial charge in [0, 0.05) is 12.8 Å². The van der Waals surface area contributed by atoms with E-state index in [1.54, 1.807) is 0 Å². The van der Waals surface area contributed by atoms with E-state index in [4.69, 9.17) is 4.52 Å². The Hall–Kier alpha value is -0.860. The average molecular weight is 140 g/mol. The molecule has 0 radical (unpaired) electrons. The summed E-state index contributed by atoms with van der Waals surface area (Å²) < 4.78 is 4.93. The van der Waals surface area contributed by atoms with E-state index in [9.17, 15) is 0 Å². The van der Waals surface area contributed by atoms with Crippen LogP contribution in [0.25, 0.3) is 0 Å². The second-order valence-corrected chi connectivity index (χ2v) is 2.21. The summed E-state index contributed by atoms with van der Waals surface area (Å²) in [7, 11) is 0. The molecular weight excluding hydrogens is 128 g/mol. The molecule has 3 heteroatoms. The van der Waals surface area contributed by atoms with Gasteiger partial charge in [0.2, 0.25) is 5.89 Å². The average Bonchev–Trinajstić information content (AvgIpc) is 2.37.